The van der Waals surface area contributed by atoms with Crippen LogP contribution in [-0.4, -0.2) is 16.5 Å². The molecule has 4 nitrogen and oxygen atoms in total. The van der Waals surface area contributed by atoms with Crippen LogP contribution in [0.3, 0.4) is 0 Å². The van der Waals surface area contributed by atoms with Crippen LogP contribution in [0.5, 0.6) is 0 Å². The van der Waals surface area contributed by atoms with Gasteiger partial charge in [0.1, 0.15) is 0 Å². The Balaban J connectivity index is 0. The molecule has 2 unspecified atom stereocenters. The minimum absolute atomic E-state index is 0.0998. The van der Waals surface area contributed by atoms with E-state index in [9.17, 15) is 4.79 Å². The van der Waals surface area contributed by atoms with E-state index in [-0.39, 0.29) is 11.8 Å². The molecule has 1 fully saturated rings. The molecule has 2 atom stereocenters. The topological polar surface area (TPSA) is 80.4 Å². The fraction of sp³-hybridized carbons (Fsp3) is 0.933. The Hall–Kier alpha value is -0.0400. The van der Waals surface area contributed by atoms with E-state index >= 15 is 0 Å². The molecule has 0 radical (unpaired) electrons. The molecule has 21 heavy (non-hydrogen) atoms. The number of carbonyl (C=O) groups excluding carboxylic acids is 1. The molecule has 1 aliphatic carbocycles. The van der Waals surface area contributed by atoms with E-state index in [1.165, 1.54) is 25.7 Å². The number of hydrogen-bond acceptors (Lipinski definition) is 2. The van der Waals surface area contributed by atoms with Gasteiger partial charge in [0.2, 0.25) is 5.91 Å². The standard InChI is InChI=1S/C10H19NO.C5H13P.HO2P/c1-7(2)8-3-5-9(6-4-8)10(11)12;1-3-4-5(2)6;1-3-2/h7-9H,3-6H2,1-2H3,(H2,11,12);5H,3-4,6H2,1-2H3;(H,1,2). The molecule has 0 aliphatic heterocycles. The van der Waals surface area contributed by atoms with Gasteiger partial charge in [-0.15, -0.1) is 9.24 Å². The highest BCUT2D eigenvalue weighted by Gasteiger charge is 2.25. The van der Waals surface area contributed by atoms with Crippen molar-refractivity contribution in [1.29, 1.82) is 0 Å². The molecule has 6 heteroatoms. The Morgan fingerprint density at radius 3 is 1.90 bits per heavy atom. The molecule has 126 valence electrons. The molecule has 0 aromatic carbocycles. The predicted octanol–water partition coefficient (Wildman–Crippen LogP) is 4.17. The highest BCUT2D eigenvalue weighted by Crippen LogP contribution is 2.32. The van der Waals surface area contributed by atoms with Crippen LogP contribution in [0.4, 0.5) is 0 Å². The van der Waals surface area contributed by atoms with Crippen LogP contribution in [-0.2, 0) is 9.36 Å². The average Bonchev–Trinajstić information content (AvgIpc) is 2.40. The molecule has 0 spiro atoms. The Morgan fingerprint density at radius 2 is 1.71 bits per heavy atom. The highest BCUT2D eigenvalue weighted by molar-refractivity contribution is 7.17. The van der Waals surface area contributed by atoms with Crippen LogP contribution < -0.4 is 5.73 Å². The fourth-order valence-corrected chi connectivity index (χ4v) is 2.86. The second-order valence-corrected chi connectivity index (χ2v) is 7.41. The van der Waals surface area contributed by atoms with Gasteiger partial charge in [0.05, 0.1) is 0 Å². The van der Waals surface area contributed by atoms with E-state index in [0.29, 0.717) is 0 Å². The molecule has 0 heterocycles. The summed E-state index contributed by atoms with van der Waals surface area (Å²) in [5, 5.41) is 0. The lowest BCUT2D eigenvalue weighted by Gasteiger charge is -2.29. The summed E-state index contributed by atoms with van der Waals surface area (Å²) in [6.07, 6.45) is 7.04. The summed E-state index contributed by atoms with van der Waals surface area (Å²) >= 11 is 0. The minimum Gasteiger partial charge on any atom is -0.369 e. The largest absolute Gasteiger partial charge is 0.369 e. The number of carbonyl (C=O) groups is 1. The summed E-state index contributed by atoms with van der Waals surface area (Å²) in [5.74, 6) is 1.65. The third-order valence-electron chi connectivity index (χ3n) is 3.86. The van der Waals surface area contributed by atoms with E-state index < -0.39 is 8.69 Å². The van der Waals surface area contributed by atoms with Gasteiger partial charge in [-0.3, -0.25) is 4.79 Å². The second kappa shape index (κ2) is 14.9. The van der Waals surface area contributed by atoms with Crippen molar-refractivity contribution >= 4 is 23.8 Å². The molecule has 0 saturated heterocycles. The van der Waals surface area contributed by atoms with Crippen molar-refractivity contribution in [1.82, 2.24) is 0 Å². The number of rotatable bonds is 4. The van der Waals surface area contributed by atoms with Gasteiger partial charge in [-0.2, -0.15) is 0 Å². The van der Waals surface area contributed by atoms with E-state index in [1.807, 2.05) is 0 Å². The summed E-state index contributed by atoms with van der Waals surface area (Å²) in [6.45, 7) is 8.94. The van der Waals surface area contributed by atoms with E-state index in [0.717, 1.165) is 30.3 Å². The van der Waals surface area contributed by atoms with Crippen molar-refractivity contribution in [2.45, 2.75) is 71.9 Å². The average molecular weight is 337 g/mol. The minimum atomic E-state index is -0.833. The molecule has 0 aromatic heterocycles. The molecule has 3 N–H and O–H groups in total. The first-order chi connectivity index (χ1) is 9.79. The van der Waals surface area contributed by atoms with Gasteiger partial charge in [-0.1, -0.05) is 34.1 Å². The quantitative estimate of drug-likeness (QED) is 0.756. The predicted molar refractivity (Wildman–Crippen MR) is 93.4 cm³/mol. The van der Waals surface area contributed by atoms with Crippen molar-refractivity contribution in [3.05, 3.63) is 0 Å². The van der Waals surface area contributed by atoms with Crippen LogP contribution in [0.1, 0.15) is 66.2 Å². The first-order valence-corrected chi connectivity index (χ1v) is 9.24. The lowest BCUT2D eigenvalue weighted by Crippen LogP contribution is -2.28. The number of nitrogens with two attached hydrogens (primary N) is 1. The number of primary amides is 1. The molecule has 1 saturated carbocycles. The van der Waals surface area contributed by atoms with Crippen LogP contribution in [0.2, 0.25) is 0 Å². The van der Waals surface area contributed by atoms with Crippen molar-refractivity contribution in [3.63, 3.8) is 0 Å². The Bertz CT molecular complexity index is 266. The maximum atomic E-state index is 10.9. The zero-order chi connectivity index (χ0) is 16.8. The maximum Gasteiger partial charge on any atom is 0.324 e. The summed E-state index contributed by atoms with van der Waals surface area (Å²) in [4.78, 5) is 17.8. The van der Waals surface area contributed by atoms with Gasteiger partial charge in [0.25, 0.3) is 0 Å². The van der Waals surface area contributed by atoms with Gasteiger partial charge in [-0.25, -0.2) is 4.57 Å². The lowest BCUT2D eigenvalue weighted by molar-refractivity contribution is -0.123. The second-order valence-electron chi connectivity index (χ2n) is 6.11. The zero-order valence-corrected chi connectivity index (χ0v) is 16.0. The first-order valence-electron chi connectivity index (χ1n) is 7.81. The smallest absolute Gasteiger partial charge is 0.324 e. The van der Waals surface area contributed by atoms with E-state index in [2.05, 4.69) is 36.9 Å². The van der Waals surface area contributed by atoms with E-state index in [1.54, 1.807) is 0 Å². The summed E-state index contributed by atoms with van der Waals surface area (Å²) in [6, 6.07) is 0. The molecule has 1 aliphatic rings. The first kappa shape index (κ1) is 23.2. The van der Waals surface area contributed by atoms with Gasteiger partial charge >= 0.3 is 8.69 Å². The van der Waals surface area contributed by atoms with Crippen molar-refractivity contribution in [3.8, 4) is 0 Å². The Labute approximate surface area is 134 Å². The van der Waals surface area contributed by atoms with Gasteiger partial charge in [0, 0.05) is 5.92 Å². The van der Waals surface area contributed by atoms with E-state index in [4.69, 9.17) is 15.2 Å². The normalized spacial score (nSPS) is 22.6. The summed E-state index contributed by atoms with van der Waals surface area (Å²) in [7, 11) is 1.95. The SMILES string of the molecule is CC(C)C1CCC(C(N)=O)CC1.CCCC(C)P.O=PO. The van der Waals surface area contributed by atoms with Crippen LogP contribution in [0, 0.1) is 17.8 Å². The van der Waals surface area contributed by atoms with Crippen LogP contribution in [0.15, 0.2) is 0 Å². The molecule has 0 aromatic rings. The highest BCUT2D eigenvalue weighted by atomic mass is 31.1. The third-order valence-corrected chi connectivity index (χ3v) is 4.19. The third kappa shape index (κ3) is 14.7. The Morgan fingerprint density at radius 1 is 1.29 bits per heavy atom. The zero-order valence-electron chi connectivity index (χ0n) is 13.9. The maximum absolute atomic E-state index is 10.9. The lowest BCUT2D eigenvalue weighted by atomic mass is 9.77. The van der Waals surface area contributed by atoms with Crippen molar-refractivity contribution < 1.29 is 14.3 Å². The Kier molecular flexibility index (Phi) is 16.5. The molecular formula is C15H33NO3P2. The molecule has 0 bridgehead atoms. The number of amides is 1. The van der Waals surface area contributed by atoms with Gasteiger partial charge in [-0.05, 0) is 49.6 Å². The van der Waals surface area contributed by atoms with Crippen LogP contribution >= 0.6 is 17.9 Å². The summed E-state index contributed by atoms with van der Waals surface area (Å²) in [5.41, 5.74) is 6.06. The fourth-order valence-electron chi connectivity index (χ4n) is 2.53. The number of hydrogen-bond donors (Lipinski definition) is 2. The molecular weight excluding hydrogens is 304 g/mol. The molecule has 1 rings (SSSR count). The van der Waals surface area contributed by atoms with Gasteiger partial charge in [0.15, 0.2) is 0 Å². The van der Waals surface area contributed by atoms with Crippen molar-refractivity contribution in [2.24, 2.45) is 23.5 Å². The monoisotopic (exact) mass is 337 g/mol. The summed E-state index contributed by atoms with van der Waals surface area (Å²) < 4.78 is 8.46. The molecule has 1 amide bonds. The van der Waals surface area contributed by atoms with Gasteiger partial charge < -0.3 is 10.6 Å². The van der Waals surface area contributed by atoms with Crippen molar-refractivity contribution in [2.75, 3.05) is 0 Å². The van der Waals surface area contributed by atoms with Crippen LogP contribution in [0.25, 0.3) is 0 Å².